The molecule has 0 aliphatic carbocycles. The average Bonchev–Trinajstić information content (AvgIpc) is 3.91. The monoisotopic (exact) mass is 856 g/mol. The van der Waals surface area contributed by atoms with Gasteiger partial charge in [0.1, 0.15) is 0 Å². The summed E-state index contributed by atoms with van der Waals surface area (Å²) in [7, 11) is 0. The maximum absolute atomic E-state index is 5.39. The van der Waals surface area contributed by atoms with Gasteiger partial charge in [0.05, 0.1) is 16.6 Å². The molecule has 0 saturated carbocycles. The summed E-state index contributed by atoms with van der Waals surface area (Å²) < 4.78 is 5.10. The quantitative estimate of drug-likeness (QED) is 0.167. The highest BCUT2D eigenvalue weighted by atomic mass is 32.1. The first-order valence-corrected chi connectivity index (χ1v) is 23.2. The van der Waals surface area contributed by atoms with Gasteiger partial charge in [0, 0.05) is 58.6 Å². The Kier molecular flexibility index (Phi) is 8.12. The molecule has 0 N–H and O–H groups in total. The van der Waals surface area contributed by atoms with Crippen molar-refractivity contribution in [2.45, 2.75) is 0 Å². The van der Waals surface area contributed by atoms with Gasteiger partial charge in [-0.15, -0.1) is 11.3 Å². The molecule has 4 aromatic heterocycles. The van der Waals surface area contributed by atoms with E-state index in [9.17, 15) is 0 Å². The Morgan fingerprint density at radius 1 is 0.318 bits per heavy atom. The highest BCUT2D eigenvalue weighted by Crippen LogP contribution is 2.50. The number of hydrogen-bond acceptors (Lipinski definition) is 4. The number of benzene rings is 10. The van der Waals surface area contributed by atoms with Gasteiger partial charge < -0.3 is 4.40 Å². The molecule has 0 amide bonds. The first-order valence-electron chi connectivity index (χ1n) is 22.3. The highest BCUT2D eigenvalue weighted by molar-refractivity contribution is 7.26. The molecule has 4 heterocycles. The molecule has 5 heteroatoms. The van der Waals surface area contributed by atoms with Crippen molar-refractivity contribution in [2.75, 3.05) is 0 Å². The Labute approximate surface area is 383 Å². The van der Waals surface area contributed by atoms with Gasteiger partial charge in [-0.25, -0.2) is 15.0 Å². The van der Waals surface area contributed by atoms with Gasteiger partial charge in [-0.3, -0.25) is 0 Å². The number of rotatable bonds is 6. The van der Waals surface area contributed by atoms with E-state index in [1.807, 2.05) is 29.5 Å². The molecular weight excluding hydrogens is 821 g/mol. The topological polar surface area (TPSA) is 43.1 Å². The smallest absolute Gasteiger partial charge is 0.164 e. The molecule has 4 nitrogen and oxygen atoms in total. The lowest BCUT2D eigenvalue weighted by Crippen LogP contribution is -2.01. The second kappa shape index (κ2) is 14.5. The fourth-order valence-electron chi connectivity index (χ4n) is 10.3. The molecule has 0 atom stereocenters. The zero-order chi connectivity index (χ0) is 43.3. The predicted molar refractivity (Wildman–Crippen MR) is 277 cm³/mol. The minimum atomic E-state index is 0.623. The van der Waals surface area contributed by atoms with Crippen molar-refractivity contribution in [3.8, 4) is 67.5 Å². The van der Waals surface area contributed by atoms with Crippen molar-refractivity contribution in [1.29, 1.82) is 0 Å². The van der Waals surface area contributed by atoms with Crippen LogP contribution in [0.25, 0.3) is 137 Å². The SMILES string of the molecule is c1ccc(-c2cc(-c3ccccc3)cc(-c3nc(-c4ccccc4)nc(-c4cccc5ccc(-c6cc7c8ccccc8n8c9ccccc9c9cccc%10sc6c(c%109)c78)cc45)n3)c2)cc1. The molecule has 0 radical (unpaired) electrons. The molecule has 0 unspecified atom stereocenters. The first kappa shape index (κ1) is 36.9. The van der Waals surface area contributed by atoms with Crippen LogP contribution in [0, 0.1) is 0 Å². The molecule has 306 valence electrons. The number of thiophene rings is 1. The van der Waals surface area contributed by atoms with Gasteiger partial charge in [-0.2, -0.15) is 0 Å². The molecule has 0 aliphatic heterocycles. The molecule has 0 bridgehead atoms. The zero-order valence-electron chi connectivity index (χ0n) is 35.5. The van der Waals surface area contributed by atoms with Crippen LogP contribution in [-0.4, -0.2) is 19.4 Å². The maximum atomic E-state index is 5.39. The van der Waals surface area contributed by atoms with Crippen LogP contribution >= 0.6 is 11.3 Å². The van der Waals surface area contributed by atoms with Crippen LogP contribution in [0.1, 0.15) is 0 Å². The lowest BCUT2D eigenvalue weighted by atomic mass is 9.94. The summed E-state index contributed by atoms with van der Waals surface area (Å²) in [6, 6.07) is 78.4. The average molecular weight is 857 g/mol. The summed E-state index contributed by atoms with van der Waals surface area (Å²) in [5, 5.41) is 9.91. The van der Waals surface area contributed by atoms with Gasteiger partial charge >= 0.3 is 0 Å². The van der Waals surface area contributed by atoms with E-state index < -0.39 is 0 Å². The van der Waals surface area contributed by atoms with Gasteiger partial charge in [-0.1, -0.05) is 170 Å². The fraction of sp³-hybridized carbons (Fsp3) is 0. The van der Waals surface area contributed by atoms with E-state index in [1.54, 1.807) is 0 Å². The number of nitrogens with zero attached hydrogens (tertiary/aromatic N) is 4. The van der Waals surface area contributed by atoms with E-state index in [1.165, 1.54) is 63.8 Å². The summed E-state index contributed by atoms with van der Waals surface area (Å²) in [6.45, 7) is 0. The van der Waals surface area contributed by atoms with Crippen molar-refractivity contribution in [2.24, 2.45) is 0 Å². The first-order chi connectivity index (χ1) is 32.7. The molecule has 10 aromatic carbocycles. The maximum Gasteiger partial charge on any atom is 0.164 e. The van der Waals surface area contributed by atoms with Crippen LogP contribution in [0.15, 0.2) is 218 Å². The molecule has 0 saturated heterocycles. The van der Waals surface area contributed by atoms with Crippen molar-refractivity contribution < 1.29 is 0 Å². The largest absolute Gasteiger partial charge is 0.308 e. The van der Waals surface area contributed by atoms with Crippen LogP contribution in [0.5, 0.6) is 0 Å². The van der Waals surface area contributed by atoms with E-state index >= 15 is 0 Å². The fourth-order valence-corrected chi connectivity index (χ4v) is 11.6. The second-order valence-corrected chi connectivity index (χ2v) is 18.2. The van der Waals surface area contributed by atoms with E-state index in [0.717, 1.165) is 55.3 Å². The third kappa shape index (κ3) is 5.67. The summed E-state index contributed by atoms with van der Waals surface area (Å²) in [6.07, 6.45) is 0. The van der Waals surface area contributed by atoms with E-state index in [0.29, 0.717) is 17.5 Å². The van der Waals surface area contributed by atoms with Crippen molar-refractivity contribution in [3.63, 3.8) is 0 Å². The summed E-state index contributed by atoms with van der Waals surface area (Å²) in [5.41, 5.74) is 13.4. The highest BCUT2D eigenvalue weighted by Gasteiger charge is 2.24. The Hall–Kier alpha value is -8.51. The van der Waals surface area contributed by atoms with Crippen LogP contribution in [0.3, 0.4) is 0 Å². The lowest BCUT2D eigenvalue weighted by Gasteiger charge is -2.14. The molecule has 14 aromatic rings. The number of hydrogen-bond donors (Lipinski definition) is 0. The number of para-hydroxylation sites is 2. The standard InChI is InChI=1S/C61H36N4S/c1-4-16-37(17-5-1)42-32-43(38-18-6-2-7-19-38)34-44(33-42)60-62-59(40-20-8-3-9-21-40)63-61(64-60)48-26-14-22-39-30-31-41(35-49(39)48)50-36-51-46-24-11-13-28-53(46)65-52-27-12-10-23-45(52)47-25-15-29-54-55(47)56(57(51)65)58(50)66-54/h1-36H. The second-order valence-electron chi connectivity index (χ2n) is 17.1. The number of aromatic nitrogens is 4. The molecule has 0 spiro atoms. The zero-order valence-corrected chi connectivity index (χ0v) is 36.3. The summed E-state index contributed by atoms with van der Waals surface area (Å²) in [4.78, 5) is 15.9. The van der Waals surface area contributed by atoms with Gasteiger partial charge in [0.25, 0.3) is 0 Å². The molecular formula is C61H36N4S. The van der Waals surface area contributed by atoms with Crippen molar-refractivity contribution >= 4 is 80.4 Å². The normalized spacial score (nSPS) is 11.9. The summed E-state index contributed by atoms with van der Waals surface area (Å²) >= 11 is 1.90. The Bertz CT molecular complexity index is 4150. The number of fused-ring (bicyclic) bond motifs is 7. The van der Waals surface area contributed by atoms with Crippen LogP contribution in [0.2, 0.25) is 0 Å². The van der Waals surface area contributed by atoms with E-state index in [4.69, 9.17) is 15.0 Å². The molecule has 14 rings (SSSR count). The minimum Gasteiger partial charge on any atom is -0.308 e. The van der Waals surface area contributed by atoms with Gasteiger partial charge in [0.2, 0.25) is 0 Å². The van der Waals surface area contributed by atoms with Crippen molar-refractivity contribution in [1.82, 2.24) is 19.4 Å². The summed E-state index contributed by atoms with van der Waals surface area (Å²) in [5.74, 6) is 1.89. The lowest BCUT2D eigenvalue weighted by molar-refractivity contribution is 1.08. The van der Waals surface area contributed by atoms with Crippen molar-refractivity contribution in [3.05, 3.63) is 218 Å². The third-order valence-corrected chi connectivity index (χ3v) is 14.5. The predicted octanol–water partition coefficient (Wildman–Crippen LogP) is 16.5. The van der Waals surface area contributed by atoms with Crippen LogP contribution in [-0.2, 0) is 0 Å². The Morgan fingerprint density at radius 2 is 0.879 bits per heavy atom. The van der Waals surface area contributed by atoms with E-state index in [2.05, 4.69) is 205 Å². The van der Waals surface area contributed by atoms with E-state index in [-0.39, 0.29) is 0 Å². The van der Waals surface area contributed by atoms with Crippen LogP contribution < -0.4 is 0 Å². The minimum absolute atomic E-state index is 0.623. The molecule has 0 fully saturated rings. The molecule has 0 aliphatic rings. The third-order valence-electron chi connectivity index (χ3n) is 13.3. The Balaban J connectivity index is 1.02. The Morgan fingerprint density at radius 3 is 1.58 bits per heavy atom. The van der Waals surface area contributed by atoms with Crippen LogP contribution in [0.4, 0.5) is 0 Å². The van der Waals surface area contributed by atoms with Gasteiger partial charge in [-0.05, 0) is 92.5 Å². The van der Waals surface area contributed by atoms with Gasteiger partial charge in [0.15, 0.2) is 17.5 Å². The molecule has 66 heavy (non-hydrogen) atoms.